The minimum absolute atomic E-state index is 0.0395. The van der Waals surface area contributed by atoms with E-state index < -0.39 is 0 Å². The number of fused-ring (bicyclic) bond motifs is 1. The SMILES string of the molecule is CCN(Cc1ccccc1)c1nc(NC(CO)C(C)C)nc2c1ncn2C1CCCC1. The van der Waals surface area contributed by atoms with Gasteiger partial charge in [0.25, 0.3) is 0 Å². The van der Waals surface area contributed by atoms with Gasteiger partial charge >= 0.3 is 0 Å². The Hall–Kier alpha value is -2.67. The minimum Gasteiger partial charge on any atom is -0.394 e. The van der Waals surface area contributed by atoms with Gasteiger partial charge in [-0.2, -0.15) is 9.97 Å². The second-order valence-electron chi connectivity index (χ2n) is 8.81. The number of nitrogens with one attached hydrogen (secondary N) is 1. The Kier molecular flexibility index (Phi) is 6.70. The van der Waals surface area contributed by atoms with Gasteiger partial charge in [-0.1, -0.05) is 57.0 Å². The second-order valence-corrected chi connectivity index (χ2v) is 8.81. The fourth-order valence-corrected chi connectivity index (χ4v) is 4.37. The number of anilines is 2. The van der Waals surface area contributed by atoms with E-state index in [4.69, 9.17) is 15.0 Å². The topological polar surface area (TPSA) is 79.1 Å². The number of nitrogens with zero attached hydrogens (tertiary/aromatic N) is 5. The van der Waals surface area contributed by atoms with Gasteiger partial charge < -0.3 is 19.9 Å². The van der Waals surface area contributed by atoms with Crippen molar-refractivity contribution in [3.05, 3.63) is 42.2 Å². The van der Waals surface area contributed by atoms with Crippen LogP contribution in [0.1, 0.15) is 58.1 Å². The summed E-state index contributed by atoms with van der Waals surface area (Å²) >= 11 is 0. The smallest absolute Gasteiger partial charge is 0.227 e. The van der Waals surface area contributed by atoms with Crippen molar-refractivity contribution in [1.29, 1.82) is 0 Å². The van der Waals surface area contributed by atoms with Gasteiger partial charge in [0.05, 0.1) is 19.0 Å². The molecule has 2 N–H and O–H groups in total. The first-order chi connectivity index (χ1) is 15.1. The van der Waals surface area contributed by atoms with Crippen LogP contribution >= 0.6 is 0 Å². The van der Waals surface area contributed by atoms with Gasteiger partial charge in [0.15, 0.2) is 17.0 Å². The van der Waals surface area contributed by atoms with Crippen LogP contribution in [0.4, 0.5) is 11.8 Å². The summed E-state index contributed by atoms with van der Waals surface area (Å²) in [4.78, 5) is 16.8. The van der Waals surface area contributed by atoms with Crippen LogP contribution in [0, 0.1) is 5.92 Å². The molecule has 31 heavy (non-hydrogen) atoms. The molecular weight excluding hydrogens is 388 g/mol. The normalized spacial score (nSPS) is 15.6. The lowest BCUT2D eigenvalue weighted by Crippen LogP contribution is -2.31. The molecule has 1 atom stereocenters. The number of benzene rings is 1. The van der Waals surface area contributed by atoms with Crippen LogP contribution in [0.25, 0.3) is 11.2 Å². The van der Waals surface area contributed by atoms with Crippen molar-refractivity contribution in [1.82, 2.24) is 19.5 Å². The van der Waals surface area contributed by atoms with E-state index in [0.29, 0.717) is 12.0 Å². The monoisotopic (exact) mass is 422 g/mol. The summed E-state index contributed by atoms with van der Waals surface area (Å²) in [6.45, 7) is 7.92. The van der Waals surface area contributed by atoms with Crippen molar-refractivity contribution in [3.63, 3.8) is 0 Å². The van der Waals surface area contributed by atoms with Crippen LogP contribution in [0.5, 0.6) is 0 Å². The quantitative estimate of drug-likeness (QED) is 0.532. The zero-order valence-corrected chi connectivity index (χ0v) is 18.8. The van der Waals surface area contributed by atoms with Gasteiger partial charge in [0, 0.05) is 19.1 Å². The molecule has 1 aliphatic rings. The average Bonchev–Trinajstić information content (AvgIpc) is 3.45. The Labute approximate surface area is 184 Å². The third kappa shape index (κ3) is 4.66. The number of imidazole rings is 1. The van der Waals surface area contributed by atoms with Crippen LogP contribution in [0.3, 0.4) is 0 Å². The highest BCUT2D eigenvalue weighted by molar-refractivity contribution is 5.85. The van der Waals surface area contributed by atoms with Gasteiger partial charge in [-0.05, 0) is 31.2 Å². The molecule has 2 aromatic heterocycles. The number of aromatic nitrogens is 4. The van der Waals surface area contributed by atoms with E-state index in [-0.39, 0.29) is 18.6 Å². The summed E-state index contributed by atoms with van der Waals surface area (Å²) < 4.78 is 2.23. The van der Waals surface area contributed by atoms with Gasteiger partial charge in [-0.3, -0.25) is 0 Å². The van der Waals surface area contributed by atoms with Crippen LogP contribution < -0.4 is 10.2 Å². The fraction of sp³-hybridized carbons (Fsp3) is 0.542. The maximum absolute atomic E-state index is 9.83. The second kappa shape index (κ2) is 9.64. The summed E-state index contributed by atoms with van der Waals surface area (Å²) in [5.74, 6) is 1.66. The summed E-state index contributed by atoms with van der Waals surface area (Å²) in [5, 5.41) is 13.2. The van der Waals surface area contributed by atoms with Crippen molar-refractivity contribution in [2.24, 2.45) is 5.92 Å². The summed E-state index contributed by atoms with van der Waals surface area (Å²) in [7, 11) is 0. The predicted molar refractivity (Wildman–Crippen MR) is 125 cm³/mol. The van der Waals surface area contributed by atoms with Crippen molar-refractivity contribution >= 4 is 22.9 Å². The zero-order chi connectivity index (χ0) is 21.8. The molecule has 7 heteroatoms. The molecule has 1 unspecified atom stereocenters. The molecule has 1 aliphatic carbocycles. The van der Waals surface area contributed by atoms with E-state index >= 15 is 0 Å². The van der Waals surface area contributed by atoms with Crippen molar-refractivity contribution in [2.45, 2.75) is 65.1 Å². The van der Waals surface area contributed by atoms with E-state index in [9.17, 15) is 5.11 Å². The standard InChI is InChI=1S/C24H34N6O/c1-4-29(14-18-10-6-5-7-11-18)22-21-23(30(16-25-21)19-12-8-9-13-19)28-24(27-22)26-20(15-31)17(2)3/h5-7,10-11,16-17,19-20,31H,4,8-9,12-15H2,1-3H3,(H,26,27,28). The first kappa shape index (κ1) is 21.6. The van der Waals surface area contributed by atoms with Crippen molar-refractivity contribution in [2.75, 3.05) is 23.4 Å². The maximum Gasteiger partial charge on any atom is 0.227 e. The van der Waals surface area contributed by atoms with E-state index in [1.165, 1.54) is 31.2 Å². The van der Waals surface area contributed by atoms with E-state index in [1.54, 1.807) is 0 Å². The van der Waals surface area contributed by atoms with Gasteiger partial charge in [0.1, 0.15) is 0 Å². The Morgan fingerprint density at radius 2 is 1.90 bits per heavy atom. The molecule has 0 bridgehead atoms. The lowest BCUT2D eigenvalue weighted by atomic mass is 10.1. The molecule has 0 aliphatic heterocycles. The van der Waals surface area contributed by atoms with Gasteiger partial charge in [0.2, 0.25) is 5.95 Å². The Bertz CT molecular complexity index is 980. The molecule has 4 rings (SSSR count). The molecule has 1 aromatic carbocycles. The minimum atomic E-state index is -0.0997. The fourth-order valence-electron chi connectivity index (χ4n) is 4.37. The molecule has 3 aromatic rings. The summed E-state index contributed by atoms with van der Waals surface area (Å²) in [5.41, 5.74) is 2.96. The largest absolute Gasteiger partial charge is 0.394 e. The van der Waals surface area contributed by atoms with Crippen LogP contribution in [0.15, 0.2) is 36.7 Å². The number of rotatable bonds is 9. The van der Waals surface area contributed by atoms with E-state index in [2.05, 4.69) is 59.8 Å². The van der Waals surface area contributed by atoms with E-state index in [0.717, 1.165) is 30.1 Å². The summed E-state index contributed by atoms with van der Waals surface area (Å²) in [6.07, 6.45) is 6.77. The molecule has 1 saturated carbocycles. The number of hydrogen-bond acceptors (Lipinski definition) is 6. The van der Waals surface area contributed by atoms with Crippen LogP contribution in [-0.4, -0.2) is 43.8 Å². The maximum atomic E-state index is 9.83. The highest BCUT2D eigenvalue weighted by Gasteiger charge is 2.24. The molecule has 166 valence electrons. The molecule has 1 fully saturated rings. The van der Waals surface area contributed by atoms with Crippen LogP contribution in [0.2, 0.25) is 0 Å². The van der Waals surface area contributed by atoms with Gasteiger partial charge in [-0.25, -0.2) is 4.98 Å². The highest BCUT2D eigenvalue weighted by atomic mass is 16.3. The predicted octanol–water partition coefficient (Wildman–Crippen LogP) is 4.40. The number of aliphatic hydroxyl groups is 1. The third-order valence-electron chi connectivity index (χ3n) is 6.33. The molecule has 0 amide bonds. The van der Waals surface area contributed by atoms with Gasteiger partial charge in [-0.15, -0.1) is 0 Å². The Balaban J connectivity index is 1.77. The summed E-state index contributed by atoms with van der Waals surface area (Å²) in [6, 6.07) is 10.8. The average molecular weight is 423 g/mol. The van der Waals surface area contributed by atoms with Crippen molar-refractivity contribution in [3.8, 4) is 0 Å². The third-order valence-corrected chi connectivity index (χ3v) is 6.33. The first-order valence-corrected chi connectivity index (χ1v) is 11.5. The molecule has 0 saturated heterocycles. The first-order valence-electron chi connectivity index (χ1n) is 11.5. The Morgan fingerprint density at radius 1 is 1.16 bits per heavy atom. The van der Waals surface area contributed by atoms with Crippen molar-refractivity contribution < 1.29 is 5.11 Å². The molecule has 0 radical (unpaired) electrons. The molecule has 0 spiro atoms. The molecule has 2 heterocycles. The Morgan fingerprint density at radius 3 is 2.55 bits per heavy atom. The van der Waals surface area contributed by atoms with Crippen LogP contribution in [-0.2, 0) is 6.54 Å². The number of hydrogen-bond donors (Lipinski definition) is 2. The highest BCUT2D eigenvalue weighted by Crippen LogP contribution is 2.34. The molecular formula is C24H34N6O. The lowest BCUT2D eigenvalue weighted by molar-refractivity contribution is 0.248. The zero-order valence-electron chi connectivity index (χ0n) is 18.8. The lowest BCUT2D eigenvalue weighted by Gasteiger charge is -2.25. The van der Waals surface area contributed by atoms with E-state index in [1.807, 2.05) is 12.4 Å². The number of aliphatic hydroxyl groups excluding tert-OH is 1. The molecule has 7 nitrogen and oxygen atoms in total.